The summed E-state index contributed by atoms with van der Waals surface area (Å²) in [5.74, 6) is -0.696. The maximum atomic E-state index is 13.1. The van der Waals surface area contributed by atoms with Crippen LogP contribution in [0.2, 0.25) is 0 Å². The summed E-state index contributed by atoms with van der Waals surface area (Å²) in [5, 5.41) is 2.47. The first-order valence-electron chi connectivity index (χ1n) is 13.4. The van der Waals surface area contributed by atoms with Gasteiger partial charge in [-0.3, -0.25) is 19.3 Å². The number of nitrogens with two attached hydrogens (primary N) is 1. The van der Waals surface area contributed by atoms with Crippen molar-refractivity contribution in [2.75, 3.05) is 38.1 Å². The van der Waals surface area contributed by atoms with Crippen molar-refractivity contribution in [2.45, 2.75) is 48.8 Å². The monoisotopic (exact) mass is 567 g/mol. The van der Waals surface area contributed by atoms with Crippen LogP contribution in [0, 0.1) is 0 Å². The third-order valence-corrected chi connectivity index (χ3v) is 9.08. The average Bonchev–Trinajstić information content (AvgIpc) is 3.20. The summed E-state index contributed by atoms with van der Waals surface area (Å²) in [6, 6.07) is 11.5. The van der Waals surface area contributed by atoms with E-state index in [4.69, 9.17) is 10.5 Å². The number of carbonyl (C=O) groups is 4. The van der Waals surface area contributed by atoms with Gasteiger partial charge in [0.25, 0.3) is 11.8 Å². The molecule has 2 fully saturated rings. The number of piperidine rings is 1. The molecule has 0 spiro atoms. The molecule has 2 unspecified atom stereocenters. The molecule has 0 radical (unpaired) electrons. The average molecular weight is 568 g/mol. The van der Waals surface area contributed by atoms with Gasteiger partial charge < -0.3 is 25.5 Å². The van der Waals surface area contributed by atoms with Gasteiger partial charge in [0, 0.05) is 38.3 Å². The molecule has 12 heteroatoms. The predicted octanol–water partition coefficient (Wildman–Crippen LogP) is 1.09. The molecule has 0 aliphatic carbocycles. The number of nitrogens with zero attached hydrogens (tertiary/aromatic N) is 3. The molecule has 2 aromatic carbocycles. The van der Waals surface area contributed by atoms with E-state index in [1.807, 2.05) is 33.5 Å². The second-order valence-corrected chi connectivity index (χ2v) is 11.7. The van der Waals surface area contributed by atoms with Gasteiger partial charge in [0.2, 0.25) is 5.91 Å². The maximum absolute atomic E-state index is 13.1. The molecule has 2 aromatic rings. The van der Waals surface area contributed by atoms with E-state index >= 15 is 0 Å². The number of fused-ring (bicyclic) bond motifs is 1. The van der Waals surface area contributed by atoms with Crippen LogP contribution in [0.5, 0.6) is 5.75 Å². The molecular formula is C28H33N5O6S. The largest absolute Gasteiger partial charge is 0.487 e. The van der Waals surface area contributed by atoms with E-state index in [2.05, 4.69) is 5.32 Å². The molecule has 0 bridgehead atoms. The van der Waals surface area contributed by atoms with E-state index in [9.17, 15) is 23.4 Å². The van der Waals surface area contributed by atoms with Crippen LogP contribution in [-0.2, 0) is 20.6 Å². The van der Waals surface area contributed by atoms with Gasteiger partial charge in [-0.15, -0.1) is 0 Å². The first-order valence-corrected chi connectivity index (χ1v) is 14.5. The lowest BCUT2D eigenvalue weighted by Crippen LogP contribution is -2.54. The summed E-state index contributed by atoms with van der Waals surface area (Å²) in [7, 11) is 0.219. The highest BCUT2D eigenvalue weighted by Crippen LogP contribution is 2.32. The smallest absolute Gasteiger partial charge is 0.262 e. The van der Waals surface area contributed by atoms with Crippen LogP contribution < -0.4 is 20.7 Å². The number of anilines is 1. The topological polar surface area (TPSA) is 142 Å². The number of nitrogens with one attached hydrogen (secondary N) is 1. The first-order chi connectivity index (χ1) is 19.3. The van der Waals surface area contributed by atoms with Crippen LogP contribution in [0.1, 0.15) is 46.4 Å². The van der Waals surface area contributed by atoms with E-state index < -0.39 is 28.8 Å². The van der Waals surface area contributed by atoms with Crippen molar-refractivity contribution in [1.29, 1.82) is 0 Å². The Morgan fingerprint density at radius 3 is 2.55 bits per heavy atom. The molecule has 3 aliphatic heterocycles. The number of aldehydes is 1. The number of hydrogen-bond donors (Lipinski definition) is 2. The van der Waals surface area contributed by atoms with Gasteiger partial charge >= 0.3 is 0 Å². The zero-order valence-electron chi connectivity index (χ0n) is 22.3. The lowest BCUT2D eigenvalue weighted by atomic mass is 10.1. The van der Waals surface area contributed by atoms with Gasteiger partial charge in [0.1, 0.15) is 29.1 Å². The van der Waals surface area contributed by atoms with Crippen molar-refractivity contribution in [3.63, 3.8) is 0 Å². The molecule has 212 valence electrons. The molecule has 5 rings (SSSR count). The predicted molar refractivity (Wildman–Crippen MR) is 148 cm³/mol. The van der Waals surface area contributed by atoms with Crippen LogP contribution in [-0.4, -0.2) is 88.8 Å². The highest BCUT2D eigenvalue weighted by atomic mass is 32.2. The third-order valence-electron chi connectivity index (χ3n) is 7.59. The van der Waals surface area contributed by atoms with Crippen molar-refractivity contribution in [2.24, 2.45) is 5.73 Å². The molecule has 40 heavy (non-hydrogen) atoms. The van der Waals surface area contributed by atoms with Crippen LogP contribution >= 0.6 is 0 Å². The molecule has 0 saturated carbocycles. The molecule has 3 aliphatic rings. The summed E-state index contributed by atoms with van der Waals surface area (Å²) < 4.78 is 21.1. The molecular weight excluding hydrogens is 534 g/mol. The molecule has 0 aromatic heterocycles. The van der Waals surface area contributed by atoms with E-state index in [0.29, 0.717) is 43.1 Å². The van der Waals surface area contributed by atoms with E-state index in [-0.39, 0.29) is 42.0 Å². The molecule has 3 heterocycles. The summed E-state index contributed by atoms with van der Waals surface area (Å²) in [5.41, 5.74) is 7.23. The lowest BCUT2D eigenvalue weighted by molar-refractivity contribution is -0.121. The van der Waals surface area contributed by atoms with Crippen LogP contribution in [0.25, 0.3) is 0 Å². The minimum Gasteiger partial charge on any atom is -0.487 e. The van der Waals surface area contributed by atoms with Crippen molar-refractivity contribution in [3.8, 4) is 5.75 Å². The molecule has 2 atom stereocenters. The standard InChI is InChI=1S/C28H33N5O6S/c1-30-26(35)8-6-20(17-34)33-27(36)24-7-5-19(13-25(24)28(33)37)31-15-22(16-31)39-21-3-2-4-23(14-21)40(38)32-11-9-18(29)10-12-32/h2-5,7,13-14,17-18,20,22H,6,8-12,15-16,29H2,1H3,(H,30,35). The zero-order valence-corrected chi connectivity index (χ0v) is 23.1. The molecule has 3 amide bonds. The maximum Gasteiger partial charge on any atom is 0.262 e. The highest BCUT2D eigenvalue weighted by Gasteiger charge is 2.41. The van der Waals surface area contributed by atoms with Crippen molar-refractivity contribution in [3.05, 3.63) is 53.6 Å². The third kappa shape index (κ3) is 5.65. The Morgan fingerprint density at radius 2 is 1.85 bits per heavy atom. The van der Waals surface area contributed by atoms with Crippen molar-refractivity contribution >= 4 is 40.7 Å². The van der Waals surface area contributed by atoms with Gasteiger partial charge in [-0.1, -0.05) is 6.07 Å². The number of rotatable bonds is 10. The van der Waals surface area contributed by atoms with E-state index in [1.165, 1.54) is 7.05 Å². The Hall–Kier alpha value is -3.61. The Kier molecular flexibility index (Phi) is 8.29. The Bertz CT molecular complexity index is 1340. The number of hydrogen-bond acceptors (Lipinski definition) is 8. The normalized spacial score (nSPS) is 19.6. The number of ether oxygens (including phenoxy) is 1. The van der Waals surface area contributed by atoms with Crippen molar-refractivity contribution in [1.82, 2.24) is 14.5 Å². The second kappa shape index (κ2) is 11.9. The minimum absolute atomic E-state index is 0.0273. The molecule has 3 N–H and O–H groups in total. The SMILES string of the molecule is CNC(=O)CCC(C=O)N1C(=O)c2ccc(N3CC(Oc4cccc(S(=O)N5CCC(N)CC5)c4)C3)cc2C1=O. The van der Waals surface area contributed by atoms with Gasteiger partial charge in [0.05, 0.1) is 35.2 Å². The van der Waals surface area contributed by atoms with Gasteiger partial charge in [0.15, 0.2) is 0 Å². The number of carbonyl (C=O) groups excluding carboxylic acids is 4. The lowest BCUT2D eigenvalue weighted by Gasteiger charge is -2.40. The van der Waals surface area contributed by atoms with Crippen LogP contribution in [0.3, 0.4) is 0 Å². The highest BCUT2D eigenvalue weighted by molar-refractivity contribution is 7.82. The fourth-order valence-corrected chi connectivity index (χ4v) is 6.42. The van der Waals surface area contributed by atoms with Gasteiger partial charge in [-0.05, 0) is 55.7 Å². The quantitative estimate of drug-likeness (QED) is 0.321. The van der Waals surface area contributed by atoms with Crippen LogP contribution in [0.15, 0.2) is 47.4 Å². The molecule has 2 saturated heterocycles. The first kappa shape index (κ1) is 27.9. The Balaban J connectivity index is 1.19. The summed E-state index contributed by atoms with van der Waals surface area (Å²) in [6.45, 7) is 2.56. The van der Waals surface area contributed by atoms with Gasteiger partial charge in [-0.2, -0.15) is 0 Å². The fourth-order valence-electron chi connectivity index (χ4n) is 5.17. The minimum atomic E-state index is -1.27. The summed E-state index contributed by atoms with van der Waals surface area (Å²) >= 11 is 0. The molecule has 11 nitrogen and oxygen atoms in total. The Labute approximate surface area is 235 Å². The summed E-state index contributed by atoms with van der Waals surface area (Å²) in [4.78, 5) is 53.0. The van der Waals surface area contributed by atoms with E-state index in [1.54, 1.807) is 18.2 Å². The van der Waals surface area contributed by atoms with E-state index in [0.717, 1.165) is 23.4 Å². The fraction of sp³-hybridized carbons (Fsp3) is 0.429. The summed E-state index contributed by atoms with van der Waals surface area (Å²) in [6.07, 6.45) is 2.19. The van der Waals surface area contributed by atoms with Crippen LogP contribution in [0.4, 0.5) is 5.69 Å². The number of benzene rings is 2. The second-order valence-electron chi connectivity index (χ2n) is 10.3. The zero-order chi connectivity index (χ0) is 28.4. The Morgan fingerprint density at radius 1 is 1.12 bits per heavy atom. The van der Waals surface area contributed by atoms with Gasteiger partial charge in [-0.25, -0.2) is 8.51 Å². The van der Waals surface area contributed by atoms with Crippen molar-refractivity contribution < 1.29 is 28.1 Å². The number of amides is 3. The number of imide groups is 1.